The molecule has 5 rings (SSSR count). The molecule has 0 saturated heterocycles. The Morgan fingerprint density at radius 2 is 1.84 bits per heavy atom. The van der Waals surface area contributed by atoms with Gasteiger partial charge in [0.1, 0.15) is 0 Å². The van der Waals surface area contributed by atoms with Crippen molar-refractivity contribution in [3.63, 3.8) is 0 Å². The van der Waals surface area contributed by atoms with E-state index in [-0.39, 0.29) is 12.3 Å². The van der Waals surface area contributed by atoms with Crippen LogP contribution in [0.2, 0.25) is 5.02 Å². The van der Waals surface area contributed by atoms with Crippen LogP contribution in [0.4, 0.5) is 5.95 Å². The number of carbonyl (C=O) groups is 1. The van der Waals surface area contributed by atoms with Gasteiger partial charge in [-0.1, -0.05) is 66.2 Å². The van der Waals surface area contributed by atoms with Gasteiger partial charge in [0, 0.05) is 11.6 Å². The van der Waals surface area contributed by atoms with Gasteiger partial charge in [-0.25, -0.2) is 0 Å². The second-order valence-corrected chi connectivity index (χ2v) is 7.78. The number of benzene rings is 3. The van der Waals surface area contributed by atoms with Crippen LogP contribution in [-0.2, 0) is 13.0 Å². The average molecular weight is 443 g/mol. The third kappa shape index (κ3) is 4.13. The molecule has 32 heavy (non-hydrogen) atoms. The van der Waals surface area contributed by atoms with Crippen LogP contribution in [0, 0.1) is 0 Å². The Morgan fingerprint density at radius 1 is 1.00 bits per heavy atom. The molecule has 2 aromatic heterocycles. The molecular weight excluding hydrogens is 424 g/mol. The zero-order valence-electron chi connectivity index (χ0n) is 17.0. The third-order valence-electron chi connectivity index (χ3n) is 5.15. The van der Waals surface area contributed by atoms with Crippen LogP contribution in [0.3, 0.4) is 0 Å². The molecule has 158 valence electrons. The zero-order valence-corrected chi connectivity index (χ0v) is 17.8. The minimum Gasteiger partial charge on any atom is -0.461 e. The summed E-state index contributed by atoms with van der Waals surface area (Å²) in [4.78, 5) is 17.8. The Labute approximate surface area is 189 Å². The number of halogens is 1. The highest BCUT2D eigenvalue weighted by molar-refractivity contribution is 6.30. The first-order valence-electron chi connectivity index (χ1n) is 10.2. The highest BCUT2D eigenvalue weighted by Gasteiger charge is 2.19. The van der Waals surface area contributed by atoms with Gasteiger partial charge < -0.3 is 9.73 Å². The number of rotatable bonds is 6. The van der Waals surface area contributed by atoms with Gasteiger partial charge in [0.05, 0.1) is 12.7 Å². The first-order chi connectivity index (χ1) is 15.7. The Morgan fingerprint density at radius 3 is 2.69 bits per heavy atom. The van der Waals surface area contributed by atoms with Crippen LogP contribution in [0.1, 0.15) is 15.9 Å². The average Bonchev–Trinajstić information content (AvgIpc) is 3.48. The van der Waals surface area contributed by atoms with Crippen molar-refractivity contribution in [3.05, 3.63) is 101 Å². The van der Waals surface area contributed by atoms with Crippen molar-refractivity contribution in [3.8, 4) is 11.6 Å². The lowest BCUT2D eigenvalue weighted by molar-refractivity contribution is 0.0901. The lowest BCUT2D eigenvalue weighted by Crippen LogP contribution is -2.18. The molecule has 2 heterocycles. The van der Waals surface area contributed by atoms with Gasteiger partial charge in [-0.3, -0.25) is 4.79 Å². The normalized spacial score (nSPS) is 11.0. The fraction of sp³-hybridized carbons (Fsp3) is 0.0800. The molecule has 0 radical (unpaired) electrons. The van der Waals surface area contributed by atoms with Crippen molar-refractivity contribution < 1.29 is 9.21 Å². The number of aromatic nitrogens is 3. The van der Waals surface area contributed by atoms with Crippen LogP contribution in [0.5, 0.6) is 0 Å². The zero-order chi connectivity index (χ0) is 21.9. The molecule has 3 aromatic carbocycles. The molecule has 7 heteroatoms. The van der Waals surface area contributed by atoms with Gasteiger partial charge in [0.15, 0.2) is 5.76 Å². The Bertz CT molecular complexity index is 1390. The molecule has 0 aliphatic carbocycles. The Balaban J connectivity index is 1.46. The third-order valence-corrected chi connectivity index (χ3v) is 5.38. The molecule has 0 unspecified atom stereocenters. The second kappa shape index (κ2) is 8.69. The summed E-state index contributed by atoms with van der Waals surface area (Å²) < 4.78 is 6.74. The van der Waals surface area contributed by atoms with Crippen molar-refractivity contribution >= 4 is 34.2 Å². The molecule has 0 fully saturated rings. The van der Waals surface area contributed by atoms with Crippen molar-refractivity contribution in [1.29, 1.82) is 0 Å². The first kappa shape index (κ1) is 20.0. The molecule has 0 atom stereocenters. The summed E-state index contributed by atoms with van der Waals surface area (Å²) in [6.45, 7) is 0.443. The molecule has 0 bridgehead atoms. The summed E-state index contributed by atoms with van der Waals surface area (Å²) in [7, 11) is 0. The van der Waals surface area contributed by atoms with E-state index in [4.69, 9.17) is 16.0 Å². The van der Waals surface area contributed by atoms with Gasteiger partial charge in [-0.15, -0.1) is 5.10 Å². The van der Waals surface area contributed by atoms with E-state index >= 15 is 0 Å². The van der Waals surface area contributed by atoms with E-state index in [9.17, 15) is 4.79 Å². The van der Waals surface area contributed by atoms with Crippen molar-refractivity contribution in [2.24, 2.45) is 0 Å². The van der Waals surface area contributed by atoms with Gasteiger partial charge in [-0.05, 0) is 46.2 Å². The van der Waals surface area contributed by atoms with Crippen molar-refractivity contribution in [2.45, 2.75) is 13.0 Å². The number of carbonyl (C=O) groups excluding carboxylic acids is 1. The first-order valence-corrected chi connectivity index (χ1v) is 10.5. The van der Waals surface area contributed by atoms with Gasteiger partial charge in [-0.2, -0.15) is 9.67 Å². The maximum atomic E-state index is 13.3. The predicted molar refractivity (Wildman–Crippen MR) is 125 cm³/mol. The van der Waals surface area contributed by atoms with Crippen LogP contribution in [0.15, 0.2) is 89.5 Å². The van der Waals surface area contributed by atoms with Crippen LogP contribution in [0.25, 0.3) is 22.4 Å². The molecule has 0 aliphatic heterocycles. The maximum absolute atomic E-state index is 13.3. The molecule has 1 N–H and O–H groups in total. The fourth-order valence-electron chi connectivity index (χ4n) is 3.62. The number of nitrogens with one attached hydrogen (secondary N) is 1. The number of hydrogen-bond donors (Lipinski definition) is 1. The standard InChI is InChI=1S/C25H19ClN4O2/c26-20-10-3-6-17(14-20)16-27-25-28-24(22-12-5-13-32-22)29-30(25)23(31)15-19-9-4-8-18-7-1-2-11-21(18)19/h1-14H,15-16H2,(H,27,28,29). The van der Waals surface area contributed by atoms with E-state index in [1.165, 1.54) is 4.68 Å². The minimum absolute atomic E-state index is 0.189. The largest absolute Gasteiger partial charge is 0.461 e. The summed E-state index contributed by atoms with van der Waals surface area (Å²) >= 11 is 6.09. The smallest absolute Gasteiger partial charge is 0.254 e. The SMILES string of the molecule is O=C(Cc1cccc2ccccc12)n1nc(-c2ccco2)nc1NCc1cccc(Cl)c1. The van der Waals surface area contributed by atoms with E-state index in [1.807, 2.05) is 66.7 Å². The van der Waals surface area contributed by atoms with Crippen molar-refractivity contribution in [2.75, 3.05) is 5.32 Å². The van der Waals surface area contributed by atoms with Gasteiger partial charge in [0.25, 0.3) is 5.91 Å². The van der Waals surface area contributed by atoms with E-state index in [0.29, 0.717) is 29.1 Å². The molecule has 6 nitrogen and oxygen atoms in total. The van der Waals surface area contributed by atoms with E-state index in [2.05, 4.69) is 15.4 Å². The number of hydrogen-bond acceptors (Lipinski definition) is 5. The number of fused-ring (bicyclic) bond motifs is 1. The molecule has 0 amide bonds. The topological polar surface area (TPSA) is 73.0 Å². The number of anilines is 1. The lowest BCUT2D eigenvalue weighted by Gasteiger charge is -2.09. The minimum atomic E-state index is -0.194. The van der Waals surface area contributed by atoms with Crippen LogP contribution in [-0.4, -0.2) is 20.7 Å². The number of furan rings is 1. The van der Waals surface area contributed by atoms with E-state index in [0.717, 1.165) is 21.9 Å². The summed E-state index contributed by atoms with van der Waals surface area (Å²) in [6.07, 6.45) is 1.74. The van der Waals surface area contributed by atoms with E-state index in [1.54, 1.807) is 18.4 Å². The monoisotopic (exact) mass is 442 g/mol. The molecule has 5 aromatic rings. The fourth-order valence-corrected chi connectivity index (χ4v) is 3.84. The quantitative estimate of drug-likeness (QED) is 0.357. The maximum Gasteiger partial charge on any atom is 0.254 e. The van der Waals surface area contributed by atoms with Crippen LogP contribution < -0.4 is 5.32 Å². The molecule has 0 aliphatic rings. The molecular formula is C25H19ClN4O2. The Hall–Kier alpha value is -3.90. The van der Waals surface area contributed by atoms with Gasteiger partial charge in [0.2, 0.25) is 11.8 Å². The summed E-state index contributed by atoms with van der Waals surface area (Å²) in [5.74, 6) is 0.990. The van der Waals surface area contributed by atoms with Crippen LogP contribution >= 0.6 is 11.6 Å². The Kier molecular flexibility index (Phi) is 5.44. The van der Waals surface area contributed by atoms with Crippen molar-refractivity contribution in [1.82, 2.24) is 14.8 Å². The highest BCUT2D eigenvalue weighted by Crippen LogP contribution is 2.22. The predicted octanol–water partition coefficient (Wildman–Crippen LogP) is 5.84. The molecule has 0 saturated carbocycles. The number of nitrogens with zero attached hydrogens (tertiary/aromatic N) is 3. The second-order valence-electron chi connectivity index (χ2n) is 7.34. The summed E-state index contributed by atoms with van der Waals surface area (Å²) in [6, 6.07) is 25.0. The van der Waals surface area contributed by atoms with E-state index < -0.39 is 0 Å². The lowest BCUT2D eigenvalue weighted by atomic mass is 10.0. The summed E-state index contributed by atoms with van der Waals surface area (Å²) in [5.41, 5.74) is 1.90. The van der Waals surface area contributed by atoms with Gasteiger partial charge >= 0.3 is 0 Å². The molecule has 0 spiro atoms. The highest BCUT2D eigenvalue weighted by atomic mass is 35.5. The summed E-state index contributed by atoms with van der Waals surface area (Å²) in [5, 5.41) is 10.4.